The Morgan fingerprint density at radius 3 is 2.59 bits per heavy atom. The van der Waals surface area contributed by atoms with Crippen LogP contribution in [0.3, 0.4) is 0 Å². The van der Waals surface area contributed by atoms with Crippen LogP contribution in [0, 0.1) is 0 Å². The molecule has 32 heavy (non-hydrogen) atoms. The van der Waals surface area contributed by atoms with Gasteiger partial charge in [-0.25, -0.2) is 4.68 Å². The van der Waals surface area contributed by atoms with Crippen LogP contribution in [-0.2, 0) is 0 Å². The Hall–Kier alpha value is -3.84. The minimum Gasteiger partial charge on any atom is -0.463 e. The van der Waals surface area contributed by atoms with Crippen LogP contribution in [0.4, 0.5) is 5.69 Å². The molecule has 2 amide bonds. The van der Waals surface area contributed by atoms with Gasteiger partial charge in [0, 0.05) is 17.1 Å². The minimum absolute atomic E-state index is 0.175. The van der Waals surface area contributed by atoms with Crippen molar-refractivity contribution in [2.45, 2.75) is 18.9 Å². The number of halogens is 1. The fourth-order valence-corrected chi connectivity index (χ4v) is 3.55. The maximum absolute atomic E-state index is 13.1. The number of furan rings is 1. The van der Waals surface area contributed by atoms with Crippen LogP contribution in [0.15, 0.2) is 77.4 Å². The summed E-state index contributed by atoms with van der Waals surface area (Å²) in [7, 11) is 0. The van der Waals surface area contributed by atoms with E-state index in [1.807, 2.05) is 6.07 Å². The standard InChI is InChI=1S/C24H19ClN4O3/c25-15-5-3-6-17(13-15)29-21(22-9-4-12-32-22)14-20(28-29)24(31)27-19-8-2-1-7-18(19)23(30)26-16-10-11-16/h1-9,12-14,16H,10-11H2,(H,26,30)(H,27,31). The van der Waals surface area contributed by atoms with Gasteiger partial charge in [0.1, 0.15) is 5.69 Å². The van der Waals surface area contributed by atoms with Crippen molar-refractivity contribution in [2.75, 3.05) is 5.32 Å². The van der Waals surface area contributed by atoms with E-state index in [2.05, 4.69) is 15.7 Å². The number of hydrogen-bond donors (Lipinski definition) is 2. The van der Waals surface area contributed by atoms with Gasteiger partial charge in [0.05, 0.1) is 23.2 Å². The summed E-state index contributed by atoms with van der Waals surface area (Å²) in [5.41, 5.74) is 2.30. The highest BCUT2D eigenvalue weighted by Crippen LogP contribution is 2.27. The zero-order chi connectivity index (χ0) is 22.1. The predicted octanol–water partition coefficient (Wildman–Crippen LogP) is 4.93. The summed E-state index contributed by atoms with van der Waals surface area (Å²) in [5, 5.41) is 10.8. The van der Waals surface area contributed by atoms with Crippen molar-refractivity contribution >= 4 is 29.1 Å². The van der Waals surface area contributed by atoms with Crippen molar-refractivity contribution < 1.29 is 14.0 Å². The molecule has 2 N–H and O–H groups in total. The van der Waals surface area contributed by atoms with E-state index in [1.165, 1.54) is 0 Å². The number of para-hydroxylation sites is 1. The fraction of sp³-hybridized carbons (Fsp3) is 0.125. The van der Waals surface area contributed by atoms with Crippen molar-refractivity contribution in [1.82, 2.24) is 15.1 Å². The van der Waals surface area contributed by atoms with Gasteiger partial charge in [-0.15, -0.1) is 0 Å². The third-order valence-corrected chi connectivity index (χ3v) is 5.34. The van der Waals surface area contributed by atoms with Gasteiger partial charge in [0.15, 0.2) is 11.5 Å². The van der Waals surface area contributed by atoms with Gasteiger partial charge in [0.25, 0.3) is 11.8 Å². The van der Waals surface area contributed by atoms with Crippen LogP contribution in [-0.4, -0.2) is 27.6 Å². The first kappa shape index (κ1) is 20.1. The van der Waals surface area contributed by atoms with Crippen LogP contribution >= 0.6 is 11.6 Å². The molecule has 1 saturated carbocycles. The number of carbonyl (C=O) groups is 2. The Morgan fingerprint density at radius 2 is 1.84 bits per heavy atom. The maximum atomic E-state index is 13.1. The van der Waals surface area contributed by atoms with Crippen LogP contribution in [0.1, 0.15) is 33.7 Å². The third-order valence-electron chi connectivity index (χ3n) is 5.10. The highest BCUT2D eigenvalue weighted by Gasteiger charge is 2.25. The van der Waals surface area contributed by atoms with Gasteiger partial charge in [0.2, 0.25) is 0 Å². The average Bonchev–Trinajstić information content (AvgIpc) is 3.26. The Labute approximate surface area is 189 Å². The van der Waals surface area contributed by atoms with Crippen molar-refractivity contribution in [2.24, 2.45) is 0 Å². The molecule has 1 aliphatic carbocycles. The van der Waals surface area contributed by atoms with Crippen LogP contribution < -0.4 is 10.6 Å². The number of hydrogen-bond acceptors (Lipinski definition) is 4. The number of benzene rings is 2. The zero-order valence-electron chi connectivity index (χ0n) is 16.9. The molecule has 2 aromatic carbocycles. The zero-order valence-corrected chi connectivity index (χ0v) is 17.7. The first-order valence-electron chi connectivity index (χ1n) is 10.2. The number of nitrogens with one attached hydrogen (secondary N) is 2. The molecule has 7 nitrogen and oxygen atoms in total. The molecule has 4 aromatic rings. The molecule has 0 saturated heterocycles. The van der Waals surface area contributed by atoms with Crippen molar-refractivity contribution in [3.63, 3.8) is 0 Å². The number of anilines is 1. The summed E-state index contributed by atoms with van der Waals surface area (Å²) in [5.74, 6) is -0.0878. The molecule has 0 unspecified atom stereocenters. The molecule has 2 heterocycles. The van der Waals surface area contributed by atoms with E-state index in [-0.39, 0.29) is 17.6 Å². The Kier molecular flexibility index (Phi) is 5.25. The van der Waals surface area contributed by atoms with E-state index in [0.29, 0.717) is 33.4 Å². The highest BCUT2D eigenvalue weighted by molar-refractivity contribution is 6.30. The molecular weight excluding hydrogens is 428 g/mol. The summed E-state index contributed by atoms with van der Waals surface area (Å²) in [4.78, 5) is 25.6. The fourth-order valence-electron chi connectivity index (χ4n) is 3.36. The molecule has 0 atom stereocenters. The van der Waals surface area contributed by atoms with Crippen molar-refractivity contribution in [1.29, 1.82) is 0 Å². The van der Waals surface area contributed by atoms with Gasteiger partial charge in [-0.3, -0.25) is 9.59 Å². The lowest BCUT2D eigenvalue weighted by Gasteiger charge is -2.10. The number of aromatic nitrogens is 2. The number of rotatable bonds is 6. The molecule has 2 aromatic heterocycles. The van der Waals surface area contributed by atoms with E-state index >= 15 is 0 Å². The highest BCUT2D eigenvalue weighted by atomic mass is 35.5. The normalized spacial score (nSPS) is 13.0. The van der Waals surface area contributed by atoms with E-state index < -0.39 is 5.91 Å². The summed E-state index contributed by atoms with van der Waals surface area (Å²) in [6.07, 6.45) is 3.52. The number of amides is 2. The SMILES string of the molecule is O=C(Nc1ccccc1C(=O)NC1CC1)c1cc(-c2ccco2)n(-c2cccc(Cl)c2)n1. The van der Waals surface area contributed by atoms with Crippen LogP contribution in [0.25, 0.3) is 17.1 Å². The molecule has 0 aliphatic heterocycles. The Morgan fingerprint density at radius 1 is 1.00 bits per heavy atom. The van der Waals surface area contributed by atoms with E-state index in [4.69, 9.17) is 16.0 Å². The molecule has 5 rings (SSSR count). The Balaban J connectivity index is 1.47. The summed E-state index contributed by atoms with van der Waals surface area (Å²) >= 11 is 6.15. The Bertz CT molecular complexity index is 1290. The summed E-state index contributed by atoms with van der Waals surface area (Å²) in [6, 6.07) is 19.5. The maximum Gasteiger partial charge on any atom is 0.276 e. The van der Waals surface area contributed by atoms with Gasteiger partial charge in [-0.05, 0) is 55.3 Å². The molecule has 0 spiro atoms. The van der Waals surface area contributed by atoms with Crippen LogP contribution in [0.2, 0.25) is 5.02 Å². The molecular formula is C24H19ClN4O3. The molecule has 160 valence electrons. The minimum atomic E-state index is -0.440. The van der Waals surface area contributed by atoms with Crippen LogP contribution in [0.5, 0.6) is 0 Å². The second-order valence-electron chi connectivity index (χ2n) is 7.53. The molecule has 0 radical (unpaired) electrons. The van der Waals surface area contributed by atoms with Gasteiger partial charge < -0.3 is 15.1 Å². The molecule has 0 bridgehead atoms. The average molecular weight is 447 g/mol. The smallest absolute Gasteiger partial charge is 0.276 e. The van der Waals surface area contributed by atoms with E-state index in [1.54, 1.807) is 71.6 Å². The predicted molar refractivity (Wildman–Crippen MR) is 121 cm³/mol. The van der Waals surface area contributed by atoms with Crippen molar-refractivity contribution in [3.05, 3.63) is 89.3 Å². The van der Waals surface area contributed by atoms with Gasteiger partial charge in [-0.2, -0.15) is 5.10 Å². The molecule has 1 fully saturated rings. The van der Waals surface area contributed by atoms with Gasteiger partial charge in [-0.1, -0.05) is 29.8 Å². The second kappa shape index (κ2) is 8.36. The lowest BCUT2D eigenvalue weighted by molar-refractivity contribution is 0.0952. The first-order valence-corrected chi connectivity index (χ1v) is 10.6. The largest absolute Gasteiger partial charge is 0.463 e. The summed E-state index contributed by atoms with van der Waals surface area (Å²) in [6.45, 7) is 0. The number of nitrogens with zero attached hydrogens (tertiary/aromatic N) is 2. The summed E-state index contributed by atoms with van der Waals surface area (Å²) < 4.78 is 7.14. The molecule has 8 heteroatoms. The van der Waals surface area contributed by atoms with E-state index in [0.717, 1.165) is 12.8 Å². The monoisotopic (exact) mass is 446 g/mol. The second-order valence-corrected chi connectivity index (χ2v) is 7.97. The molecule has 1 aliphatic rings. The third kappa shape index (κ3) is 4.15. The first-order chi connectivity index (χ1) is 15.6. The lowest BCUT2D eigenvalue weighted by Crippen LogP contribution is -2.27. The van der Waals surface area contributed by atoms with E-state index in [9.17, 15) is 9.59 Å². The quantitative estimate of drug-likeness (QED) is 0.439. The van der Waals surface area contributed by atoms with Gasteiger partial charge >= 0.3 is 0 Å². The topological polar surface area (TPSA) is 89.2 Å². The van der Waals surface area contributed by atoms with Crippen molar-refractivity contribution in [3.8, 4) is 17.1 Å². The number of carbonyl (C=O) groups excluding carboxylic acids is 2. The lowest BCUT2D eigenvalue weighted by atomic mass is 10.1.